The van der Waals surface area contributed by atoms with Gasteiger partial charge in [-0.2, -0.15) is 0 Å². The third-order valence-electron chi connectivity index (χ3n) is 7.51. The second-order valence-electron chi connectivity index (χ2n) is 9.92. The number of rotatable bonds is 5. The molecule has 5 nitrogen and oxygen atoms in total. The maximum Gasteiger partial charge on any atom is 0.307 e. The van der Waals surface area contributed by atoms with Gasteiger partial charge in [0.25, 0.3) is 0 Å². The minimum absolute atomic E-state index is 0.0106. The van der Waals surface area contributed by atoms with Crippen molar-refractivity contribution in [3.8, 4) is 0 Å². The molecule has 2 aliphatic rings. The van der Waals surface area contributed by atoms with Crippen molar-refractivity contribution in [3.63, 3.8) is 0 Å². The number of likely N-dealkylation sites (tertiary alicyclic amines) is 1. The van der Waals surface area contributed by atoms with Crippen LogP contribution in [0, 0.1) is 5.92 Å². The fourth-order valence-electron chi connectivity index (χ4n) is 5.75. The van der Waals surface area contributed by atoms with Crippen LogP contribution in [-0.2, 0) is 35.3 Å². The van der Waals surface area contributed by atoms with E-state index in [-0.39, 0.29) is 18.2 Å². The molecule has 1 fully saturated rings. The highest BCUT2D eigenvalue weighted by molar-refractivity contribution is 9.10. The highest BCUT2D eigenvalue weighted by Gasteiger charge is 2.36. The number of carbonyl (C=O) groups excluding carboxylic acids is 1. The molecule has 0 radical (unpaired) electrons. The Kier molecular flexibility index (Phi) is 8.03. The number of piperidine rings is 1. The molecule has 1 saturated heterocycles. The molecule has 192 valence electrons. The number of carboxylic acid groups (broad SMARTS) is 1. The van der Waals surface area contributed by atoms with E-state index in [0.29, 0.717) is 25.4 Å². The number of benzene rings is 2. The predicted molar refractivity (Wildman–Crippen MR) is 151 cm³/mol. The van der Waals surface area contributed by atoms with Crippen LogP contribution in [0.3, 0.4) is 0 Å². The number of carbonyl (C=O) groups is 2. The number of halogens is 3. The molecule has 1 aliphatic carbocycles. The van der Waals surface area contributed by atoms with Crippen LogP contribution in [0.4, 0.5) is 0 Å². The smallest absolute Gasteiger partial charge is 0.307 e. The van der Waals surface area contributed by atoms with Crippen molar-refractivity contribution < 1.29 is 14.7 Å². The van der Waals surface area contributed by atoms with E-state index < -0.39 is 5.97 Å². The van der Waals surface area contributed by atoms with Gasteiger partial charge in [-0.05, 0) is 93.5 Å². The van der Waals surface area contributed by atoms with E-state index in [2.05, 4.69) is 44.0 Å². The molecule has 37 heavy (non-hydrogen) atoms. The zero-order valence-corrected chi connectivity index (χ0v) is 24.2. The average molecular weight is 647 g/mol. The Morgan fingerprint density at radius 2 is 1.62 bits per heavy atom. The van der Waals surface area contributed by atoms with Crippen molar-refractivity contribution in [3.05, 3.63) is 96.1 Å². The van der Waals surface area contributed by atoms with E-state index in [0.717, 1.165) is 56.5 Å². The summed E-state index contributed by atoms with van der Waals surface area (Å²) in [4.78, 5) is 30.9. The van der Waals surface area contributed by atoms with Gasteiger partial charge in [0.05, 0.1) is 18.5 Å². The molecular weight excluding hydrogens is 620 g/mol. The molecule has 1 aromatic heterocycles. The lowest BCUT2D eigenvalue weighted by atomic mass is 9.76. The van der Waals surface area contributed by atoms with E-state index in [1.807, 2.05) is 29.3 Å². The average Bonchev–Trinajstić information content (AvgIpc) is 3.02. The monoisotopic (exact) mass is 644 g/mol. The largest absolute Gasteiger partial charge is 0.481 e. The Balaban J connectivity index is 1.33. The first kappa shape index (κ1) is 26.4. The quantitative estimate of drug-likeness (QED) is 0.339. The van der Waals surface area contributed by atoms with Gasteiger partial charge in [0.2, 0.25) is 5.91 Å². The second-order valence-corrected chi connectivity index (χ2v) is 12.1. The van der Waals surface area contributed by atoms with Crippen LogP contribution in [0.2, 0.25) is 5.02 Å². The Labute approximate surface area is 238 Å². The molecule has 1 aliphatic heterocycles. The number of pyridine rings is 1. The van der Waals surface area contributed by atoms with Gasteiger partial charge in [0, 0.05) is 39.2 Å². The topological polar surface area (TPSA) is 70.5 Å². The fourth-order valence-corrected chi connectivity index (χ4v) is 7.25. The van der Waals surface area contributed by atoms with E-state index in [1.165, 1.54) is 16.7 Å². The van der Waals surface area contributed by atoms with E-state index in [9.17, 15) is 9.59 Å². The number of carboxylic acids is 1. The lowest BCUT2D eigenvalue weighted by Crippen LogP contribution is -2.40. The number of aryl methyl sites for hydroxylation is 2. The normalized spacial score (nSPS) is 17.6. The van der Waals surface area contributed by atoms with Gasteiger partial charge >= 0.3 is 5.97 Å². The van der Waals surface area contributed by atoms with E-state index in [1.54, 1.807) is 12.1 Å². The van der Waals surface area contributed by atoms with Gasteiger partial charge in [-0.1, -0.05) is 51.8 Å². The molecule has 1 N–H and O–H groups in total. The Hall–Kier alpha value is -2.22. The number of fused-ring (bicyclic) bond motifs is 2. The molecular formula is C29H27Br2ClN2O3. The van der Waals surface area contributed by atoms with Gasteiger partial charge in [-0.25, -0.2) is 0 Å². The molecule has 5 rings (SSSR count). The predicted octanol–water partition coefficient (Wildman–Crippen LogP) is 6.60. The SMILES string of the molecule is O=C(O)Cc1ccc(CC(=O)N2CCC([C@H]3c4ncc(Br)cc4CCc4cc(Cl)cc(Br)c43)CC2)cc1. The molecule has 8 heteroatoms. The highest BCUT2D eigenvalue weighted by atomic mass is 79.9. The summed E-state index contributed by atoms with van der Waals surface area (Å²) in [5, 5.41) is 9.69. The third-order valence-corrected chi connectivity index (χ3v) is 8.82. The molecule has 0 spiro atoms. The van der Waals surface area contributed by atoms with Crippen LogP contribution in [0.15, 0.2) is 57.6 Å². The van der Waals surface area contributed by atoms with Crippen LogP contribution >= 0.6 is 43.5 Å². The summed E-state index contributed by atoms with van der Waals surface area (Å²) < 4.78 is 2.02. The highest BCUT2D eigenvalue weighted by Crippen LogP contribution is 2.46. The van der Waals surface area contributed by atoms with Crippen molar-refractivity contribution in [2.75, 3.05) is 13.1 Å². The second kappa shape index (κ2) is 11.3. The van der Waals surface area contributed by atoms with Gasteiger partial charge in [0.1, 0.15) is 0 Å². The van der Waals surface area contributed by atoms with Gasteiger partial charge < -0.3 is 10.0 Å². The number of amides is 1. The maximum absolute atomic E-state index is 13.1. The zero-order chi connectivity index (χ0) is 26.1. The lowest BCUT2D eigenvalue weighted by molar-refractivity contribution is -0.136. The molecule has 1 amide bonds. The van der Waals surface area contributed by atoms with Crippen LogP contribution in [0.25, 0.3) is 0 Å². The molecule has 1 atom stereocenters. The minimum Gasteiger partial charge on any atom is -0.481 e. The first-order chi connectivity index (χ1) is 17.8. The summed E-state index contributed by atoms with van der Waals surface area (Å²) in [5.41, 5.74) is 6.59. The number of aromatic nitrogens is 1. The van der Waals surface area contributed by atoms with Crippen LogP contribution in [0.5, 0.6) is 0 Å². The lowest BCUT2D eigenvalue weighted by Gasteiger charge is -2.37. The van der Waals surface area contributed by atoms with Crippen LogP contribution < -0.4 is 0 Å². The van der Waals surface area contributed by atoms with Crippen molar-refractivity contribution in [2.24, 2.45) is 5.92 Å². The van der Waals surface area contributed by atoms with Gasteiger partial charge in [-0.15, -0.1) is 0 Å². The number of nitrogens with zero attached hydrogens (tertiary/aromatic N) is 2. The number of aliphatic carboxylic acids is 1. The van der Waals surface area contributed by atoms with E-state index >= 15 is 0 Å². The third kappa shape index (κ3) is 5.94. The summed E-state index contributed by atoms with van der Waals surface area (Å²) in [7, 11) is 0. The standard InChI is InChI=1S/C29H27Br2ClN2O3/c30-22-13-21-6-5-20-14-23(32)15-24(31)27(20)28(29(21)33-16-22)19-7-9-34(10-8-19)25(35)11-17-1-3-18(4-2-17)12-26(36)37/h1-4,13-16,19,28H,5-12H2,(H,36,37)/t28-/m1/s1. The molecule has 0 bridgehead atoms. The number of hydrogen-bond donors (Lipinski definition) is 1. The molecule has 2 heterocycles. The summed E-state index contributed by atoms with van der Waals surface area (Å²) >= 11 is 13.8. The Morgan fingerprint density at radius 3 is 2.30 bits per heavy atom. The van der Waals surface area contributed by atoms with Crippen molar-refractivity contribution >= 4 is 55.3 Å². The Morgan fingerprint density at radius 1 is 0.973 bits per heavy atom. The van der Waals surface area contributed by atoms with Gasteiger partial charge in [0.15, 0.2) is 0 Å². The minimum atomic E-state index is -0.858. The first-order valence-electron chi connectivity index (χ1n) is 12.5. The first-order valence-corrected chi connectivity index (χ1v) is 14.4. The Bertz CT molecular complexity index is 1340. The summed E-state index contributed by atoms with van der Waals surface area (Å²) in [6.07, 6.45) is 5.84. The zero-order valence-electron chi connectivity index (χ0n) is 20.2. The molecule has 3 aromatic rings. The van der Waals surface area contributed by atoms with Crippen LogP contribution in [-0.4, -0.2) is 40.0 Å². The molecule has 0 unspecified atom stereocenters. The van der Waals surface area contributed by atoms with Crippen molar-refractivity contribution in [1.82, 2.24) is 9.88 Å². The van der Waals surface area contributed by atoms with Crippen molar-refractivity contribution in [2.45, 2.75) is 44.4 Å². The fraction of sp³-hybridized carbons (Fsp3) is 0.345. The maximum atomic E-state index is 13.1. The molecule has 2 aromatic carbocycles. The van der Waals surface area contributed by atoms with Crippen LogP contribution in [0.1, 0.15) is 52.3 Å². The van der Waals surface area contributed by atoms with E-state index in [4.69, 9.17) is 21.7 Å². The van der Waals surface area contributed by atoms with Gasteiger partial charge in [-0.3, -0.25) is 14.6 Å². The number of hydrogen-bond acceptors (Lipinski definition) is 3. The summed E-state index contributed by atoms with van der Waals surface area (Å²) in [6, 6.07) is 13.6. The van der Waals surface area contributed by atoms with Crippen molar-refractivity contribution in [1.29, 1.82) is 0 Å². The molecule has 0 saturated carbocycles. The summed E-state index contributed by atoms with van der Waals surface area (Å²) in [5.74, 6) is -0.239. The summed E-state index contributed by atoms with van der Waals surface area (Å²) in [6.45, 7) is 1.42.